The van der Waals surface area contributed by atoms with Crippen molar-refractivity contribution >= 4 is 11.9 Å². The molecule has 0 spiro atoms. The van der Waals surface area contributed by atoms with E-state index in [0.717, 1.165) is 31.6 Å². The maximum atomic E-state index is 11.2. The molecule has 0 aliphatic carbocycles. The third-order valence-corrected chi connectivity index (χ3v) is 2.66. The number of carbonyl (C=O) groups is 2. The van der Waals surface area contributed by atoms with Crippen LogP contribution in [0.4, 0.5) is 0 Å². The van der Waals surface area contributed by atoms with Gasteiger partial charge in [0, 0.05) is 31.2 Å². The third kappa shape index (κ3) is 4.02. The molecule has 16 heavy (non-hydrogen) atoms. The molecule has 0 aromatic rings. The average Bonchev–Trinajstić information content (AvgIpc) is 2.70. The van der Waals surface area contributed by atoms with E-state index in [1.54, 1.807) is 0 Å². The van der Waals surface area contributed by atoms with Gasteiger partial charge in [-0.3, -0.25) is 4.79 Å². The molecule has 2 N–H and O–H groups in total. The smallest absolute Gasteiger partial charge is 0.328 e. The average molecular weight is 227 g/mol. The second-order valence-electron chi connectivity index (χ2n) is 3.78. The molecule has 1 rings (SSSR count). The number of hydrogen-bond acceptors (Lipinski definition) is 3. The molecule has 90 valence electrons. The first-order chi connectivity index (χ1) is 7.63. The lowest BCUT2D eigenvalue weighted by molar-refractivity contribution is -0.131. The molecule has 0 aromatic heterocycles. The lowest BCUT2D eigenvalue weighted by atomic mass is 10.00. The van der Waals surface area contributed by atoms with Crippen LogP contribution in [0.5, 0.6) is 0 Å². The van der Waals surface area contributed by atoms with Crippen LogP contribution in [0.1, 0.15) is 19.8 Å². The quantitative estimate of drug-likeness (QED) is 0.673. The van der Waals surface area contributed by atoms with Gasteiger partial charge in [0.05, 0.1) is 6.10 Å². The van der Waals surface area contributed by atoms with Crippen LogP contribution < -0.4 is 5.32 Å². The molecule has 2 unspecified atom stereocenters. The first-order valence-corrected chi connectivity index (χ1v) is 5.44. The summed E-state index contributed by atoms with van der Waals surface area (Å²) in [5.41, 5.74) is 0. The van der Waals surface area contributed by atoms with Gasteiger partial charge in [-0.15, -0.1) is 0 Å². The molecule has 0 radical (unpaired) electrons. The largest absolute Gasteiger partial charge is 0.478 e. The van der Waals surface area contributed by atoms with Gasteiger partial charge in [-0.1, -0.05) is 6.92 Å². The fourth-order valence-electron chi connectivity index (χ4n) is 1.82. The zero-order chi connectivity index (χ0) is 12.0. The van der Waals surface area contributed by atoms with Crippen molar-refractivity contribution in [1.29, 1.82) is 0 Å². The summed E-state index contributed by atoms with van der Waals surface area (Å²) < 4.78 is 5.48. The molecule has 1 heterocycles. The van der Waals surface area contributed by atoms with Crippen molar-refractivity contribution in [3.63, 3.8) is 0 Å². The zero-order valence-electron chi connectivity index (χ0n) is 9.31. The number of hydrogen-bond donors (Lipinski definition) is 2. The molecule has 0 saturated carbocycles. The van der Waals surface area contributed by atoms with Crippen molar-refractivity contribution in [3.05, 3.63) is 12.2 Å². The van der Waals surface area contributed by atoms with E-state index in [1.165, 1.54) is 0 Å². The molecule has 1 aliphatic rings. The Morgan fingerprint density at radius 3 is 2.88 bits per heavy atom. The summed E-state index contributed by atoms with van der Waals surface area (Å²) in [5, 5.41) is 11.0. The van der Waals surface area contributed by atoms with Crippen molar-refractivity contribution in [2.24, 2.45) is 5.92 Å². The Bertz CT molecular complexity index is 288. The standard InChI is InChI=1S/C11H17NO4/c1-2-9-8(5-6-16-9)7-12-10(13)3-4-11(14)15/h3-4,8-9H,2,5-7H2,1H3,(H,12,13)(H,14,15)/b4-3+. The number of ether oxygens (including phenoxy) is 1. The van der Waals surface area contributed by atoms with Gasteiger partial charge < -0.3 is 15.2 Å². The SMILES string of the molecule is CCC1OCCC1CNC(=O)/C=C/C(=O)O. The fourth-order valence-corrected chi connectivity index (χ4v) is 1.82. The highest BCUT2D eigenvalue weighted by atomic mass is 16.5. The van der Waals surface area contributed by atoms with E-state index in [-0.39, 0.29) is 12.0 Å². The molecule has 1 amide bonds. The van der Waals surface area contributed by atoms with E-state index in [9.17, 15) is 9.59 Å². The summed E-state index contributed by atoms with van der Waals surface area (Å²) >= 11 is 0. The van der Waals surface area contributed by atoms with E-state index < -0.39 is 5.97 Å². The lowest BCUT2D eigenvalue weighted by Crippen LogP contribution is -2.31. The second kappa shape index (κ2) is 6.27. The predicted octanol–water partition coefficient (Wildman–Crippen LogP) is 0.558. The maximum Gasteiger partial charge on any atom is 0.328 e. The Morgan fingerprint density at radius 2 is 2.25 bits per heavy atom. The molecule has 1 aliphatic heterocycles. The highest BCUT2D eigenvalue weighted by Gasteiger charge is 2.26. The van der Waals surface area contributed by atoms with Crippen molar-refractivity contribution in [2.45, 2.75) is 25.9 Å². The van der Waals surface area contributed by atoms with Gasteiger partial charge in [0.25, 0.3) is 0 Å². The number of carbonyl (C=O) groups excluding carboxylic acids is 1. The summed E-state index contributed by atoms with van der Waals surface area (Å²) in [4.78, 5) is 21.4. The molecule has 1 fully saturated rings. The van der Waals surface area contributed by atoms with Crippen LogP contribution >= 0.6 is 0 Å². The van der Waals surface area contributed by atoms with Crippen molar-refractivity contribution in [2.75, 3.05) is 13.2 Å². The number of amides is 1. The van der Waals surface area contributed by atoms with E-state index in [2.05, 4.69) is 12.2 Å². The Hall–Kier alpha value is -1.36. The Balaban J connectivity index is 2.28. The van der Waals surface area contributed by atoms with E-state index >= 15 is 0 Å². The van der Waals surface area contributed by atoms with Gasteiger partial charge >= 0.3 is 5.97 Å². The lowest BCUT2D eigenvalue weighted by Gasteiger charge is -2.16. The second-order valence-corrected chi connectivity index (χ2v) is 3.78. The number of carboxylic acids is 1. The molecule has 5 nitrogen and oxygen atoms in total. The number of aliphatic carboxylic acids is 1. The van der Waals surface area contributed by atoms with Crippen LogP contribution in [0, 0.1) is 5.92 Å². The fraction of sp³-hybridized carbons (Fsp3) is 0.636. The normalized spacial score (nSPS) is 24.8. The summed E-state index contributed by atoms with van der Waals surface area (Å²) in [7, 11) is 0. The van der Waals surface area contributed by atoms with Crippen LogP contribution in [0.2, 0.25) is 0 Å². The van der Waals surface area contributed by atoms with Crippen molar-refractivity contribution in [3.8, 4) is 0 Å². The molecular formula is C11H17NO4. The molecule has 0 aromatic carbocycles. The summed E-state index contributed by atoms with van der Waals surface area (Å²) in [6.45, 7) is 3.33. The molecule has 5 heteroatoms. The first-order valence-electron chi connectivity index (χ1n) is 5.44. The minimum atomic E-state index is -1.12. The Morgan fingerprint density at radius 1 is 1.50 bits per heavy atom. The van der Waals surface area contributed by atoms with E-state index in [0.29, 0.717) is 12.5 Å². The summed E-state index contributed by atoms with van der Waals surface area (Å²) in [6, 6.07) is 0. The zero-order valence-corrected chi connectivity index (χ0v) is 9.31. The number of nitrogens with one attached hydrogen (secondary N) is 1. The predicted molar refractivity (Wildman–Crippen MR) is 57.9 cm³/mol. The topological polar surface area (TPSA) is 75.6 Å². The van der Waals surface area contributed by atoms with Gasteiger partial charge in [0.15, 0.2) is 0 Å². The maximum absolute atomic E-state index is 11.2. The summed E-state index contributed by atoms with van der Waals surface area (Å²) in [6.07, 6.45) is 3.95. The molecular weight excluding hydrogens is 210 g/mol. The van der Waals surface area contributed by atoms with Crippen LogP contribution in [-0.2, 0) is 14.3 Å². The van der Waals surface area contributed by atoms with Gasteiger partial charge in [0.2, 0.25) is 5.91 Å². The molecule has 0 bridgehead atoms. The minimum absolute atomic E-state index is 0.212. The summed E-state index contributed by atoms with van der Waals surface area (Å²) in [5.74, 6) is -1.15. The van der Waals surface area contributed by atoms with Gasteiger partial charge in [-0.05, 0) is 12.8 Å². The van der Waals surface area contributed by atoms with Crippen molar-refractivity contribution < 1.29 is 19.4 Å². The number of rotatable bonds is 5. The van der Waals surface area contributed by atoms with Gasteiger partial charge in [0.1, 0.15) is 0 Å². The van der Waals surface area contributed by atoms with Crippen LogP contribution in [0.3, 0.4) is 0 Å². The Labute approximate surface area is 94.5 Å². The molecule has 2 atom stereocenters. The van der Waals surface area contributed by atoms with Gasteiger partial charge in [-0.25, -0.2) is 4.79 Å². The van der Waals surface area contributed by atoms with Crippen molar-refractivity contribution in [1.82, 2.24) is 5.32 Å². The number of carboxylic acid groups (broad SMARTS) is 1. The highest BCUT2D eigenvalue weighted by Crippen LogP contribution is 2.22. The third-order valence-electron chi connectivity index (χ3n) is 2.66. The minimum Gasteiger partial charge on any atom is -0.478 e. The van der Waals surface area contributed by atoms with Crippen LogP contribution in [-0.4, -0.2) is 36.2 Å². The molecule has 1 saturated heterocycles. The van der Waals surface area contributed by atoms with E-state index in [1.807, 2.05) is 0 Å². The van der Waals surface area contributed by atoms with Crippen LogP contribution in [0.25, 0.3) is 0 Å². The van der Waals surface area contributed by atoms with Crippen LogP contribution in [0.15, 0.2) is 12.2 Å². The first kappa shape index (κ1) is 12.7. The Kier molecular flexibility index (Phi) is 4.98. The van der Waals surface area contributed by atoms with E-state index in [4.69, 9.17) is 9.84 Å². The highest BCUT2D eigenvalue weighted by molar-refractivity contribution is 5.93. The monoisotopic (exact) mass is 227 g/mol. The van der Waals surface area contributed by atoms with Gasteiger partial charge in [-0.2, -0.15) is 0 Å².